The van der Waals surface area contributed by atoms with Crippen LogP contribution in [0, 0.1) is 0 Å². The van der Waals surface area contributed by atoms with Crippen molar-refractivity contribution in [2.75, 3.05) is 0 Å². The molecular weight excluding hydrogens is 210 g/mol. The second-order valence-corrected chi connectivity index (χ2v) is 3.92. The Labute approximate surface area is 91.2 Å². The quantitative estimate of drug-likeness (QED) is 0.626. The molecule has 0 radical (unpaired) electrons. The summed E-state index contributed by atoms with van der Waals surface area (Å²) in [7, 11) is 0. The smallest absolute Gasteiger partial charge is 0.138 e. The summed E-state index contributed by atoms with van der Waals surface area (Å²) in [5, 5.41) is 1.95. The number of hydrogen-bond acceptors (Lipinski definition) is 2. The van der Waals surface area contributed by atoms with Gasteiger partial charge in [0.25, 0.3) is 0 Å². The van der Waals surface area contributed by atoms with Crippen LogP contribution in [0.3, 0.4) is 0 Å². The Morgan fingerprint density at radius 3 is 3.27 bits per heavy atom. The highest BCUT2D eigenvalue weighted by atomic mass is 35.5. The van der Waals surface area contributed by atoms with Crippen LogP contribution in [-0.2, 0) is 0 Å². The van der Waals surface area contributed by atoms with Crippen LogP contribution in [0.2, 0.25) is 0 Å². The summed E-state index contributed by atoms with van der Waals surface area (Å²) in [6.07, 6.45) is 11.3. The maximum absolute atomic E-state index is 6.08. The molecule has 1 aliphatic rings. The summed E-state index contributed by atoms with van der Waals surface area (Å²) < 4.78 is 5.68. The molecule has 15 heavy (non-hydrogen) atoms. The fourth-order valence-corrected chi connectivity index (χ4v) is 1.95. The van der Waals surface area contributed by atoms with Gasteiger partial charge in [-0.3, -0.25) is 4.98 Å². The van der Waals surface area contributed by atoms with E-state index in [1.54, 1.807) is 12.4 Å². The van der Waals surface area contributed by atoms with E-state index < -0.39 is 0 Å². The third-order valence-corrected chi connectivity index (χ3v) is 2.70. The molecule has 3 heteroatoms. The lowest BCUT2D eigenvalue weighted by Crippen LogP contribution is -2.20. The first-order valence-electron chi connectivity index (χ1n) is 4.71. The number of pyridine rings is 1. The molecule has 0 aromatic carbocycles. The van der Waals surface area contributed by atoms with Crippen LogP contribution in [0.4, 0.5) is 0 Å². The van der Waals surface area contributed by atoms with E-state index >= 15 is 0 Å². The Bertz CT molecular complexity index is 654. The summed E-state index contributed by atoms with van der Waals surface area (Å²) >= 11 is 6.08. The van der Waals surface area contributed by atoms with E-state index in [9.17, 15) is 0 Å². The van der Waals surface area contributed by atoms with Crippen LogP contribution in [0.5, 0.6) is 0 Å². The van der Waals surface area contributed by atoms with Crippen LogP contribution in [-0.4, -0.2) is 10.4 Å². The lowest BCUT2D eigenvalue weighted by molar-refractivity contribution is 0.575. The molecule has 0 amide bonds. The van der Waals surface area contributed by atoms with E-state index in [0.717, 1.165) is 21.6 Å². The molecule has 1 atom stereocenters. The van der Waals surface area contributed by atoms with Crippen molar-refractivity contribution >= 4 is 34.7 Å². The highest BCUT2D eigenvalue weighted by molar-refractivity contribution is 6.25. The summed E-state index contributed by atoms with van der Waals surface area (Å²) in [4.78, 5) is 4.09. The standard InChI is InChI=1S/C12H8ClNO/c13-8-2-1-3-11-9(6-8)10-7-14-5-4-12(10)15-11/h1-8H. The molecule has 2 aromatic heterocycles. The zero-order chi connectivity index (χ0) is 10.3. The van der Waals surface area contributed by atoms with Crippen molar-refractivity contribution in [3.63, 3.8) is 0 Å². The molecule has 3 rings (SSSR count). The lowest BCUT2D eigenvalue weighted by atomic mass is 10.2. The zero-order valence-corrected chi connectivity index (χ0v) is 8.61. The molecule has 1 aliphatic carbocycles. The first-order valence-corrected chi connectivity index (χ1v) is 5.15. The summed E-state index contributed by atoms with van der Waals surface area (Å²) in [6.45, 7) is 0. The van der Waals surface area contributed by atoms with Gasteiger partial charge in [-0.15, -0.1) is 11.6 Å². The first-order chi connectivity index (χ1) is 7.34. The molecule has 2 heterocycles. The lowest BCUT2D eigenvalue weighted by Gasteiger charge is -1.90. The maximum atomic E-state index is 6.08. The molecule has 0 saturated heterocycles. The van der Waals surface area contributed by atoms with Gasteiger partial charge in [0.15, 0.2) is 0 Å². The van der Waals surface area contributed by atoms with E-state index in [0.29, 0.717) is 0 Å². The number of hydrogen-bond donors (Lipinski definition) is 0. The minimum atomic E-state index is -0.0940. The van der Waals surface area contributed by atoms with Gasteiger partial charge < -0.3 is 4.42 Å². The first kappa shape index (κ1) is 8.74. The van der Waals surface area contributed by atoms with Crippen LogP contribution in [0.15, 0.2) is 35.0 Å². The SMILES string of the molecule is ClC1C=CC=c2oc3ccncc3c2=C1. The molecule has 74 valence electrons. The Kier molecular flexibility index (Phi) is 1.89. The Morgan fingerprint density at radius 2 is 2.33 bits per heavy atom. The predicted molar refractivity (Wildman–Crippen MR) is 61.0 cm³/mol. The third kappa shape index (κ3) is 1.38. The number of furan rings is 1. The van der Waals surface area contributed by atoms with Crippen molar-refractivity contribution in [1.82, 2.24) is 4.98 Å². The van der Waals surface area contributed by atoms with Crippen molar-refractivity contribution in [1.29, 1.82) is 0 Å². The second-order valence-electron chi connectivity index (χ2n) is 3.41. The number of allylic oxidation sites excluding steroid dienone is 2. The second kappa shape index (κ2) is 3.24. The Morgan fingerprint density at radius 1 is 1.40 bits per heavy atom. The molecule has 0 N–H and O–H groups in total. The number of nitrogens with zero attached hydrogens (tertiary/aromatic N) is 1. The van der Waals surface area contributed by atoms with Crippen molar-refractivity contribution in [3.8, 4) is 0 Å². The average molecular weight is 218 g/mol. The minimum absolute atomic E-state index is 0.0940. The van der Waals surface area contributed by atoms with E-state index in [4.69, 9.17) is 16.0 Å². The summed E-state index contributed by atoms with van der Waals surface area (Å²) in [6, 6.07) is 1.86. The minimum Gasteiger partial charge on any atom is -0.456 e. The number of rotatable bonds is 0. The van der Waals surface area contributed by atoms with Gasteiger partial charge in [-0.25, -0.2) is 0 Å². The molecule has 0 saturated carbocycles. The summed E-state index contributed by atoms with van der Waals surface area (Å²) in [5.41, 5.74) is 1.69. The molecule has 0 bridgehead atoms. The summed E-state index contributed by atoms with van der Waals surface area (Å²) in [5.74, 6) is 0. The van der Waals surface area contributed by atoms with Crippen LogP contribution >= 0.6 is 11.6 Å². The number of halogens is 1. The fraction of sp³-hybridized carbons (Fsp3) is 0.0833. The van der Waals surface area contributed by atoms with E-state index in [-0.39, 0.29) is 5.38 Å². The van der Waals surface area contributed by atoms with Gasteiger partial charge in [0, 0.05) is 23.0 Å². The van der Waals surface area contributed by atoms with Gasteiger partial charge in [-0.2, -0.15) is 0 Å². The number of alkyl halides is 1. The molecule has 2 nitrogen and oxygen atoms in total. The molecule has 0 fully saturated rings. The predicted octanol–water partition coefficient (Wildman–Crippen LogP) is 1.57. The molecule has 0 aliphatic heterocycles. The molecule has 1 unspecified atom stereocenters. The topological polar surface area (TPSA) is 26.0 Å². The number of fused-ring (bicyclic) bond motifs is 3. The van der Waals surface area contributed by atoms with E-state index in [1.807, 2.05) is 30.4 Å². The van der Waals surface area contributed by atoms with E-state index in [1.165, 1.54) is 0 Å². The Hall–Kier alpha value is -1.54. The van der Waals surface area contributed by atoms with Gasteiger partial charge in [0.05, 0.1) is 5.38 Å². The van der Waals surface area contributed by atoms with Crippen molar-refractivity contribution < 1.29 is 4.42 Å². The van der Waals surface area contributed by atoms with Gasteiger partial charge in [0.2, 0.25) is 0 Å². The molecule has 0 spiro atoms. The monoisotopic (exact) mass is 217 g/mol. The van der Waals surface area contributed by atoms with Gasteiger partial charge in [-0.1, -0.05) is 18.2 Å². The van der Waals surface area contributed by atoms with Crippen LogP contribution in [0.1, 0.15) is 0 Å². The molecular formula is C12H8ClNO. The van der Waals surface area contributed by atoms with Gasteiger partial charge >= 0.3 is 0 Å². The van der Waals surface area contributed by atoms with Crippen LogP contribution in [0.25, 0.3) is 23.1 Å². The zero-order valence-electron chi connectivity index (χ0n) is 7.85. The van der Waals surface area contributed by atoms with Gasteiger partial charge in [0.1, 0.15) is 11.0 Å². The van der Waals surface area contributed by atoms with Crippen LogP contribution < -0.4 is 10.6 Å². The normalized spacial score (nSPS) is 19.1. The fourth-order valence-electron chi connectivity index (χ4n) is 1.74. The highest BCUT2D eigenvalue weighted by Crippen LogP contribution is 2.08. The average Bonchev–Trinajstić information content (AvgIpc) is 2.47. The van der Waals surface area contributed by atoms with Crippen molar-refractivity contribution in [3.05, 3.63) is 41.2 Å². The highest BCUT2D eigenvalue weighted by Gasteiger charge is 2.05. The van der Waals surface area contributed by atoms with E-state index in [2.05, 4.69) is 4.98 Å². The maximum Gasteiger partial charge on any atom is 0.138 e. The number of aromatic nitrogens is 1. The Balaban J connectivity index is 2.52. The molecule has 2 aromatic rings. The van der Waals surface area contributed by atoms with Gasteiger partial charge in [-0.05, 0) is 12.1 Å². The van der Waals surface area contributed by atoms with Crippen molar-refractivity contribution in [2.24, 2.45) is 0 Å². The third-order valence-electron chi connectivity index (χ3n) is 2.43. The van der Waals surface area contributed by atoms with Crippen molar-refractivity contribution in [2.45, 2.75) is 5.38 Å². The largest absolute Gasteiger partial charge is 0.456 e.